The average Bonchev–Trinajstić information content (AvgIpc) is 3.19. The van der Waals surface area contributed by atoms with Crippen LogP contribution in [0.2, 0.25) is 0 Å². The summed E-state index contributed by atoms with van der Waals surface area (Å²) in [6.07, 6.45) is 7.40. The molecule has 4 unspecified atom stereocenters. The van der Waals surface area contributed by atoms with Crippen molar-refractivity contribution >= 4 is 0 Å². The lowest BCUT2D eigenvalue weighted by atomic mass is 9.99. The molecular weight excluding hydrogens is 276 g/mol. The highest BCUT2D eigenvalue weighted by Gasteiger charge is 2.41. The van der Waals surface area contributed by atoms with E-state index in [0.29, 0.717) is 18.2 Å². The summed E-state index contributed by atoms with van der Waals surface area (Å²) < 4.78 is 8.62. The van der Waals surface area contributed by atoms with Gasteiger partial charge in [0, 0.05) is 50.5 Å². The minimum atomic E-state index is 0.464. The first kappa shape index (κ1) is 14.7. The number of hydrogen-bond acceptors (Lipinski definition) is 4. The van der Waals surface area contributed by atoms with E-state index in [2.05, 4.69) is 39.4 Å². The number of nitrogens with zero attached hydrogens (tertiary/aromatic N) is 4. The fourth-order valence-corrected chi connectivity index (χ4v) is 4.46. The lowest BCUT2D eigenvalue weighted by molar-refractivity contribution is 0.0156. The molecule has 2 saturated heterocycles. The van der Waals surface area contributed by atoms with Crippen molar-refractivity contribution in [3.05, 3.63) is 18.2 Å². The third-order valence-electron chi connectivity index (χ3n) is 5.84. The first-order chi connectivity index (χ1) is 10.7. The van der Waals surface area contributed by atoms with E-state index in [-0.39, 0.29) is 0 Å². The van der Waals surface area contributed by atoms with Crippen LogP contribution in [-0.2, 0) is 17.8 Å². The third-order valence-corrected chi connectivity index (χ3v) is 5.84. The summed E-state index contributed by atoms with van der Waals surface area (Å²) in [5.41, 5.74) is 0. The van der Waals surface area contributed by atoms with Crippen molar-refractivity contribution in [2.75, 3.05) is 26.2 Å². The quantitative estimate of drug-likeness (QED) is 0.846. The van der Waals surface area contributed by atoms with Crippen LogP contribution >= 0.6 is 0 Å². The molecule has 122 valence electrons. The lowest BCUT2D eigenvalue weighted by Crippen LogP contribution is -2.41. The zero-order chi connectivity index (χ0) is 15.1. The predicted octanol–water partition coefficient (Wildman–Crippen LogP) is 1.59. The monoisotopic (exact) mass is 304 g/mol. The van der Waals surface area contributed by atoms with Gasteiger partial charge in [-0.05, 0) is 26.3 Å². The van der Waals surface area contributed by atoms with E-state index in [4.69, 9.17) is 4.74 Å². The van der Waals surface area contributed by atoms with Crippen LogP contribution in [0.4, 0.5) is 0 Å². The Morgan fingerprint density at radius 3 is 3.09 bits per heavy atom. The molecule has 0 aromatic carbocycles. The number of likely N-dealkylation sites (N-methyl/N-ethyl adjacent to an activating group) is 1. The molecule has 1 aromatic rings. The van der Waals surface area contributed by atoms with E-state index in [0.717, 1.165) is 38.6 Å². The Morgan fingerprint density at radius 1 is 1.36 bits per heavy atom. The molecule has 1 aromatic heterocycles. The van der Waals surface area contributed by atoms with Gasteiger partial charge in [0.2, 0.25) is 0 Å². The van der Waals surface area contributed by atoms with Crippen LogP contribution in [0.25, 0.3) is 0 Å². The average molecular weight is 304 g/mol. The lowest BCUT2D eigenvalue weighted by Gasteiger charge is -2.34. The molecule has 0 bridgehead atoms. The Balaban J connectivity index is 1.30. The van der Waals surface area contributed by atoms with E-state index < -0.39 is 0 Å². The van der Waals surface area contributed by atoms with Gasteiger partial charge in [0.1, 0.15) is 5.82 Å². The van der Waals surface area contributed by atoms with Crippen molar-refractivity contribution in [2.45, 2.75) is 58.0 Å². The number of hydrogen-bond donors (Lipinski definition) is 0. The van der Waals surface area contributed by atoms with Crippen molar-refractivity contribution in [1.82, 2.24) is 19.4 Å². The van der Waals surface area contributed by atoms with Gasteiger partial charge in [0.15, 0.2) is 0 Å². The van der Waals surface area contributed by atoms with Crippen molar-refractivity contribution in [3.8, 4) is 0 Å². The van der Waals surface area contributed by atoms with Gasteiger partial charge in [0.25, 0.3) is 0 Å². The van der Waals surface area contributed by atoms with E-state index in [1.54, 1.807) is 0 Å². The van der Waals surface area contributed by atoms with Gasteiger partial charge < -0.3 is 14.2 Å². The minimum Gasteiger partial charge on any atom is -0.373 e. The largest absolute Gasteiger partial charge is 0.373 e. The number of likely N-dealkylation sites (tertiary alicyclic amines) is 1. The Bertz CT molecular complexity index is 503. The standard InChI is InChI=1S/C17H28N4O/c1-3-19-10-14-9-15(22-16(14)11-19)8-13(2)21-7-6-20-5-4-18-17(20)12-21/h4-5,13-16H,3,6-12H2,1-2H3. The zero-order valence-corrected chi connectivity index (χ0v) is 13.8. The summed E-state index contributed by atoms with van der Waals surface area (Å²) >= 11 is 0. The number of aromatic nitrogens is 2. The van der Waals surface area contributed by atoms with E-state index in [1.165, 1.54) is 25.2 Å². The van der Waals surface area contributed by atoms with Crippen molar-refractivity contribution in [2.24, 2.45) is 5.92 Å². The number of imidazole rings is 1. The van der Waals surface area contributed by atoms with E-state index in [1.807, 2.05) is 6.20 Å². The summed E-state index contributed by atoms with van der Waals surface area (Å²) in [7, 11) is 0. The topological polar surface area (TPSA) is 33.5 Å². The van der Waals surface area contributed by atoms with Gasteiger partial charge in [-0.25, -0.2) is 4.98 Å². The molecule has 5 heteroatoms. The van der Waals surface area contributed by atoms with E-state index in [9.17, 15) is 0 Å². The Hall–Kier alpha value is -0.910. The number of ether oxygens (including phenoxy) is 1. The molecule has 5 nitrogen and oxygen atoms in total. The van der Waals surface area contributed by atoms with Crippen molar-refractivity contribution < 1.29 is 4.74 Å². The second-order valence-electron chi connectivity index (χ2n) is 7.24. The molecular formula is C17H28N4O. The molecule has 4 rings (SSSR count). The van der Waals surface area contributed by atoms with Gasteiger partial charge in [-0.15, -0.1) is 0 Å². The fraction of sp³-hybridized carbons (Fsp3) is 0.824. The molecule has 4 atom stereocenters. The van der Waals surface area contributed by atoms with Crippen LogP contribution in [0, 0.1) is 5.92 Å². The summed E-state index contributed by atoms with van der Waals surface area (Å²) in [4.78, 5) is 9.56. The number of fused-ring (bicyclic) bond motifs is 2. The molecule has 0 amide bonds. The van der Waals surface area contributed by atoms with Gasteiger partial charge >= 0.3 is 0 Å². The summed E-state index contributed by atoms with van der Waals surface area (Å²) in [6, 6.07) is 0.580. The van der Waals surface area contributed by atoms with Crippen LogP contribution in [-0.4, -0.2) is 63.8 Å². The molecule has 2 fully saturated rings. The van der Waals surface area contributed by atoms with Crippen molar-refractivity contribution in [1.29, 1.82) is 0 Å². The maximum atomic E-state index is 6.34. The fourth-order valence-electron chi connectivity index (χ4n) is 4.46. The molecule has 0 N–H and O–H groups in total. The van der Waals surface area contributed by atoms with Crippen molar-refractivity contribution in [3.63, 3.8) is 0 Å². The van der Waals surface area contributed by atoms with Crippen LogP contribution in [0.5, 0.6) is 0 Å². The summed E-state index contributed by atoms with van der Waals surface area (Å²) in [5, 5.41) is 0. The first-order valence-corrected chi connectivity index (χ1v) is 8.84. The molecule has 4 heterocycles. The molecule has 22 heavy (non-hydrogen) atoms. The first-order valence-electron chi connectivity index (χ1n) is 8.84. The molecule has 0 spiro atoms. The van der Waals surface area contributed by atoms with E-state index >= 15 is 0 Å². The normalized spacial score (nSPS) is 33.8. The van der Waals surface area contributed by atoms with Gasteiger partial charge in [0.05, 0.1) is 18.8 Å². The van der Waals surface area contributed by atoms with Crippen LogP contribution in [0.1, 0.15) is 32.5 Å². The van der Waals surface area contributed by atoms with Crippen LogP contribution < -0.4 is 0 Å². The maximum Gasteiger partial charge on any atom is 0.122 e. The third kappa shape index (κ3) is 2.70. The van der Waals surface area contributed by atoms with Crippen LogP contribution in [0.15, 0.2) is 12.4 Å². The molecule has 0 radical (unpaired) electrons. The Kier molecular flexibility index (Phi) is 3.96. The highest BCUT2D eigenvalue weighted by molar-refractivity contribution is 4.97. The predicted molar refractivity (Wildman–Crippen MR) is 85.6 cm³/mol. The SMILES string of the molecule is CCN1CC2CC(CC(C)N3CCn4ccnc4C3)OC2C1. The Labute approximate surface area is 133 Å². The summed E-state index contributed by atoms with van der Waals surface area (Å²) in [6.45, 7) is 11.3. The maximum absolute atomic E-state index is 6.34. The number of rotatable bonds is 4. The van der Waals surface area contributed by atoms with Gasteiger partial charge in [-0.2, -0.15) is 0 Å². The second kappa shape index (κ2) is 5.95. The highest BCUT2D eigenvalue weighted by atomic mass is 16.5. The molecule has 0 saturated carbocycles. The molecule has 3 aliphatic rings. The van der Waals surface area contributed by atoms with Gasteiger partial charge in [-0.3, -0.25) is 4.90 Å². The molecule has 0 aliphatic carbocycles. The van der Waals surface area contributed by atoms with Gasteiger partial charge in [-0.1, -0.05) is 6.92 Å². The minimum absolute atomic E-state index is 0.464. The second-order valence-corrected chi connectivity index (χ2v) is 7.24. The molecule has 3 aliphatic heterocycles. The highest BCUT2D eigenvalue weighted by Crippen LogP contribution is 2.35. The smallest absolute Gasteiger partial charge is 0.122 e. The summed E-state index contributed by atoms with van der Waals surface area (Å²) in [5.74, 6) is 1.98. The zero-order valence-electron chi connectivity index (χ0n) is 13.8. The van der Waals surface area contributed by atoms with Crippen LogP contribution in [0.3, 0.4) is 0 Å². The Morgan fingerprint density at radius 2 is 2.27 bits per heavy atom.